The van der Waals surface area contributed by atoms with Crippen LogP contribution in [0.2, 0.25) is 0 Å². The van der Waals surface area contributed by atoms with Crippen molar-refractivity contribution in [2.75, 3.05) is 18.5 Å². The molecule has 0 unspecified atom stereocenters. The number of carbonyl (C=O) groups excluding carboxylic acids is 1. The highest BCUT2D eigenvalue weighted by molar-refractivity contribution is 5.99. The smallest absolute Gasteiger partial charge is 0.269 e. The van der Waals surface area contributed by atoms with Crippen LogP contribution in [0.5, 0.6) is 5.75 Å². The number of Topliss-reactive ketones (excluding diaryl/α,β-unsaturated/α-hetero) is 1. The van der Waals surface area contributed by atoms with Gasteiger partial charge >= 0.3 is 0 Å². The molecule has 0 atom stereocenters. The minimum absolute atomic E-state index is 0.0359. The number of benzene rings is 2. The second kappa shape index (κ2) is 7.21. The van der Waals surface area contributed by atoms with E-state index in [1.807, 2.05) is 31.2 Å². The first-order valence-electron chi connectivity index (χ1n) is 6.85. The Morgan fingerprint density at radius 1 is 1.18 bits per heavy atom. The Hall–Kier alpha value is -2.89. The summed E-state index contributed by atoms with van der Waals surface area (Å²) in [6.07, 6.45) is 0. The quantitative estimate of drug-likeness (QED) is 0.482. The molecule has 0 bridgehead atoms. The van der Waals surface area contributed by atoms with Gasteiger partial charge in [-0.25, -0.2) is 0 Å². The lowest BCUT2D eigenvalue weighted by molar-refractivity contribution is -0.384. The molecule has 22 heavy (non-hydrogen) atoms. The zero-order valence-electron chi connectivity index (χ0n) is 12.1. The molecule has 0 aliphatic heterocycles. The fourth-order valence-corrected chi connectivity index (χ4v) is 1.94. The molecule has 2 rings (SSSR count). The van der Waals surface area contributed by atoms with Gasteiger partial charge in [0.25, 0.3) is 5.69 Å². The topological polar surface area (TPSA) is 81.5 Å². The van der Waals surface area contributed by atoms with Crippen molar-refractivity contribution >= 4 is 17.2 Å². The molecule has 0 radical (unpaired) electrons. The molecule has 0 amide bonds. The number of carbonyl (C=O) groups is 1. The normalized spacial score (nSPS) is 10.0. The van der Waals surface area contributed by atoms with E-state index in [4.69, 9.17) is 4.74 Å². The molecule has 0 aliphatic carbocycles. The van der Waals surface area contributed by atoms with E-state index in [0.717, 1.165) is 5.69 Å². The van der Waals surface area contributed by atoms with E-state index in [9.17, 15) is 14.9 Å². The lowest BCUT2D eigenvalue weighted by Gasteiger charge is -2.11. The lowest BCUT2D eigenvalue weighted by atomic mass is 10.1. The number of hydrogen-bond donors (Lipinski definition) is 1. The van der Waals surface area contributed by atoms with Crippen LogP contribution >= 0.6 is 0 Å². The van der Waals surface area contributed by atoms with Crippen molar-refractivity contribution < 1.29 is 14.5 Å². The molecule has 0 heterocycles. The Kier molecular flexibility index (Phi) is 5.08. The fourth-order valence-electron chi connectivity index (χ4n) is 1.94. The summed E-state index contributed by atoms with van der Waals surface area (Å²) in [5.74, 6) is 0.530. The SMILES string of the molecule is CCOc1ccccc1NCC(=O)c1ccc([N+](=O)[O-])cc1. The van der Waals surface area contributed by atoms with Crippen LogP contribution in [-0.4, -0.2) is 23.9 Å². The third kappa shape index (κ3) is 3.82. The number of nitro benzene ring substituents is 1. The predicted octanol–water partition coefficient (Wildman–Crippen LogP) is 3.29. The Labute approximate surface area is 127 Å². The van der Waals surface area contributed by atoms with Crippen molar-refractivity contribution in [2.24, 2.45) is 0 Å². The highest BCUT2D eigenvalue weighted by atomic mass is 16.6. The van der Waals surface area contributed by atoms with Gasteiger partial charge in [0, 0.05) is 17.7 Å². The highest BCUT2D eigenvalue weighted by Gasteiger charge is 2.10. The number of nitrogens with zero attached hydrogens (tertiary/aromatic N) is 1. The van der Waals surface area contributed by atoms with Gasteiger partial charge in [0.1, 0.15) is 5.75 Å². The second-order valence-corrected chi connectivity index (χ2v) is 4.51. The van der Waals surface area contributed by atoms with Gasteiger partial charge in [-0.1, -0.05) is 12.1 Å². The van der Waals surface area contributed by atoms with Gasteiger partial charge in [-0.2, -0.15) is 0 Å². The van der Waals surface area contributed by atoms with Gasteiger partial charge in [0.2, 0.25) is 0 Å². The number of hydrogen-bond acceptors (Lipinski definition) is 5. The molecule has 6 heteroatoms. The number of para-hydroxylation sites is 2. The van der Waals surface area contributed by atoms with E-state index in [-0.39, 0.29) is 18.0 Å². The first kappa shape index (κ1) is 15.5. The van der Waals surface area contributed by atoms with Crippen LogP contribution in [0.3, 0.4) is 0 Å². The summed E-state index contributed by atoms with van der Waals surface area (Å²) < 4.78 is 5.47. The van der Waals surface area contributed by atoms with Crippen LogP contribution in [0.15, 0.2) is 48.5 Å². The minimum atomic E-state index is -0.495. The van der Waals surface area contributed by atoms with E-state index in [2.05, 4.69) is 5.32 Å². The van der Waals surface area contributed by atoms with Crippen molar-refractivity contribution in [1.82, 2.24) is 0 Å². The Morgan fingerprint density at radius 2 is 1.86 bits per heavy atom. The number of nitro groups is 1. The molecule has 0 saturated heterocycles. The number of ether oxygens (including phenoxy) is 1. The molecule has 2 aromatic rings. The molecule has 6 nitrogen and oxygen atoms in total. The maximum absolute atomic E-state index is 12.1. The molecular weight excluding hydrogens is 284 g/mol. The summed E-state index contributed by atoms with van der Waals surface area (Å²) in [6, 6.07) is 12.9. The summed E-state index contributed by atoms with van der Waals surface area (Å²) in [7, 11) is 0. The van der Waals surface area contributed by atoms with Crippen molar-refractivity contribution in [1.29, 1.82) is 0 Å². The summed E-state index contributed by atoms with van der Waals surface area (Å²) in [4.78, 5) is 22.2. The maximum atomic E-state index is 12.1. The number of anilines is 1. The van der Waals surface area contributed by atoms with Crippen LogP contribution in [0, 0.1) is 10.1 Å². The average Bonchev–Trinajstić information content (AvgIpc) is 2.54. The molecule has 0 saturated carbocycles. The van der Waals surface area contributed by atoms with Gasteiger partial charge in [-0.3, -0.25) is 14.9 Å². The molecule has 114 valence electrons. The van der Waals surface area contributed by atoms with E-state index in [1.54, 1.807) is 0 Å². The fraction of sp³-hybridized carbons (Fsp3) is 0.188. The first-order chi connectivity index (χ1) is 10.6. The Morgan fingerprint density at radius 3 is 2.50 bits per heavy atom. The zero-order valence-corrected chi connectivity index (χ0v) is 12.1. The van der Waals surface area contributed by atoms with E-state index in [1.165, 1.54) is 24.3 Å². The van der Waals surface area contributed by atoms with Crippen LogP contribution in [-0.2, 0) is 0 Å². The van der Waals surface area contributed by atoms with Crippen LogP contribution in [0.25, 0.3) is 0 Å². The first-order valence-corrected chi connectivity index (χ1v) is 6.85. The van der Waals surface area contributed by atoms with Crippen LogP contribution < -0.4 is 10.1 Å². The lowest BCUT2D eigenvalue weighted by Crippen LogP contribution is -2.14. The average molecular weight is 300 g/mol. The summed E-state index contributed by atoms with van der Waals surface area (Å²) in [5.41, 5.74) is 1.12. The highest BCUT2D eigenvalue weighted by Crippen LogP contribution is 2.23. The Balaban J connectivity index is 2.02. The van der Waals surface area contributed by atoms with Crippen molar-refractivity contribution in [2.45, 2.75) is 6.92 Å². The van der Waals surface area contributed by atoms with Crippen molar-refractivity contribution in [3.05, 3.63) is 64.2 Å². The molecule has 1 N–H and O–H groups in total. The van der Waals surface area contributed by atoms with Gasteiger partial charge in [0.15, 0.2) is 5.78 Å². The monoisotopic (exact) mass is 300 g/mol. The molecule has 0 spiro atoms. The van der Waals surface area contributed by atoms with Gasteiger partial charge < -0.3 is 10.1 Å². The number of nitrogens with one attached hydrogen (secondary N) is 1. The van der Waals surface area contributed by atoms with Crippen molar-refractivity contribution in [3.8, 4) is 5.75 Å². The molecule has 0 aromatic heterocycles. The van der Waals surface area contributed by atoms with E-state index >= 15 is 0 Å². The number of rotatable bonds is 7. The van der Waals surface area contributed by atoms with Gasteiger partial charge in [0.05, 0.1) is 23.8 Å². The van der Waals surface area contributed by atoms with E-state index in [0.29, 0.717) is 17.9 Å². The largest absolute Gasteiger partial charge is 0.492 e. The maximum Gasteiger partial charge on any atom is 0.269 e. The van der Waals surface area contributed by atoms with Crippen LogP contribution in [0.4, 0.5) is 11.4 Å². The van der Waals surface area contributed by atoms with Crippen LogP contribution in [0.1, 0.15) is 17.3 Å². The molecule has 0 fully saturated rings. The number of non-ortho nitro benzene ring substituents is 1. The zero-order chi connectivity index (χ0) is 15.9. The molecule has 2 aromatic carbocycles. The third-order valence-corrected chi connectivity index (χ3v) is 3.03. The third-order valence-electron chi connectivity index (χ3n) is 3.03. The summed E-state index contributed by atoms with van der Waals surface area (Å²) >= 11 is 0. The summed E-state index contributed by atoms with van der Waals surface area (Å²) in [6.45, 7) is 2.51. The van der Waals surface area contributed by atoms with E-state index < -0.39 is 4.92 Å². The summed E-state index contributed by atoms with van der Waals surface area (Å²) in [5, 5.41) is 13.6. The van der Waals surface area contributed by atoms with Crippen molar-refractivity contribution in [3.63, 3.8) is 0 Å². The minimum Gasteiger partial charge on any atom is -0.492 e. The van der Waals surface area contributed by atoms with Gasteiger partial charge in [-0.15, -0.1) is 0 Å². The molecule has 0 aliphatic rings. The number of ketones is 1. The van der Waals surface area contributed by atoms with Gasteiger partial charge in [-0.05, 0) is 31.2 Å². The molecular formula is C16H16N2O4. The second-order valence-electron chi connectivity index (χ2n) is 4.51. The standard InChI is InChI=1S/C16H16N2O4/c1-2-22-16-6-4-3-5-14(16)17-11-15(19)12-7-9-13(10-8-12)18(20)21/h3-10,17H,2,11H2,1H3. The predicted molar refractivity (Wildman–Crippen MR) is 83.5 cm³/mol. The Bertz CT molecular complexity index is 668.